The molecule has 0 radical (unpaired) electrons. The number of pyridine rings is 1. The van der Waals surface area contributed by atoms with Crippen LogP contribution in [0.15, 0.2) is 65.5 Å². The minimum Gasteiger partial charge on any atom is -0.507 e. The Balaban J connectivity index is 1.78. The lowest BCUT2D eigenvalue weighted by atomic mass is 9.95. The molecular formula is C26H30FN3O3. The molecule has 1 saturated heterocycles. The monoisotopic (exact) mass is 451 g/mol. The van der Waals surface area contributed by atoms with Crippen LogP contribution in [-0.4, -0.2) is 63.9 Å². The average Bonchev–Trinajstić information content (AvgIpc) is 2.81. The van der Waals surface area contributed by atoms with E-state index in [-0.39, 0.29) is 29.3 Å². The van der Waals surface area contributed by atoms with Gasteiger partial charge in [0.25, 0.3) is 5.56 Å². The zero-order valence-corrected chi connectivity index (χ0v) is 18.8. The highest BCUT2D eigenvalue weighted by atomic mass is 19.1. The van der Waals surface area contributed by atoms with Gasteiger partial charge in [-0.05, 0) is 36.2 Å². The predicted molar refractivity (Wildman–Crippen MR) is 126 cm³/mol. The first kappa shape index (κ1) is 23.2. The van der Waals surface area contributed by atoms with E-state index in [4.69, 9.17) is 0 Å². The van der Waals surface area contributed by atoms with Gasteiger partial charge in [-0.15, -0.1) is 0 Å². The number of piperazine rings is 1. The maximum atomic E-state index is 14.2. The summed E-state index contributed by atoms with van der Waals surface area (Å²) in [5.41, 5.74) is 2.27. The molecule has 1 fully saturated rings. The summed E-state index contributed by atoms with van der Waals surface area (Å²) in [6.07, 6.45) is 0. The summed E-state index contributed by atoms with van der Waals surface area (Å²) in [6.45, 7) is 5.58. The molecular weight excluding hydrogens is 421 g/mol. The fourth-order valence-electron chi connectivity index (χ4n) is 4.61. The van der Waals surface area contributed by atoms with Crippen molar-refractivity contribution in [2.75, 3.05) is 39.3 Å². The number of aliphatic hydroxyl groups excluding tert-OH is 1. The van der Waals surface area contributed by atoms with Crippen LogP contribution in [0, 0.1) is 12.7 Å². The molecule has 0 aliphatic carbocycles. The molecule has 33 heavy (non-hydrogen) atoms. The van der Waals surface area contributed by atoms with Crippen LogP contribution >= 0.6 is 0 Å². The van der Waals surface area contributed by atoms with Crippen LogP contribution < -0.4 is 5.56 Å². The maximum Gasteiger partial charge on any atom is 0.259 e. The van der Waals surface area contributed by atoms with Crippen LogP contribution in [0.4, 0.5) is 4.39 Å². The second-order valence-electron chi connectivity index (χ2n) is 8.52. The number of hydrogen-bond donors (Lipinski definition) is 2. The van der Waals surface area contributed by atoms with Crippen LogP contribution in [-0.2, 0) is 6.54 Å². The number of β-amino-alcohol motifs (C(OH)–C–C–N with tert-alkyl or cyclic N) is 1. The molecule has 2 heterocycles. The van der Waals surface area contributed by atoms with Gasteiger partial charge in [-0.3, -0.25) is 14.6 Å². The molecule has 0 unspecified atom stereocenters. The van der Waals surface area contributed by atoms with E-state index in [2.05, 4.69) is 9.80 Å². The molecule has 1 atom stereocenters. The molecule has 0 amide bonds. The Morgan fingerprint density at radius 2 is 1.73 bits per heavy atom. The Morgan fingerprint density at radius 3 is 2.39 bits per heavy atom. The van der Waals surface area contributed by atoms with Crippen LogP contribution in [0.5, 0.6) is 5.75 Å². The molecule has 0 saturated carbocycles. The molecule has 0 spiro atoms. The number of aromatic hydroxyl groups is 1. The lowest BCUT2D eigenvalue weighted by molar-refractivity contribution is 0.0931. The highest BCUT2D eigenvalue weighted by molar-refractivity contribution is 5.41. The van der Waals surface area contributed by atoms with E-state index in [1.165, 1.54) is 12.1 Å². The number of rotatable bonds is 7. The number of aromatic nitrogens is 1. The highest BCUT2D eigenvalue weighted by Crippen LogP contribution is 2.33. The highest BCUT2D eigenvalue weighted by Gasteiger charge is 2.31. The van der Waals surface area contributed by atoms with Gasteiger partial charge in [-0.1, -0.05) is 42.5 Å². The van der Waals surface area contributed by atoms with Gasteiger partial charge in [-0.25, -0.2) is 4.39 Å². The quantitative estimate of drug-likeness (QED) is 0.578. The van der Waals surface area contributed by atoms with Crippen molar-refractivity contribution in [2.24, 2.45) is 0 Å². The summed E-state index contributed by atoms with van der Waals surface area (Å²) in [4.78, 5) is 18.0. The Kier molecular flexibility index (Phi) is 7.23. The van der Waals surface area contributed by atoms with Gasteiger partial charge in [0, 0.05) is 38.4 Å². The first-order chi connectivity index (χ1) is 16.0. The predicted octanol–water partition coefficient (Wildman–Crippen LogP) is 2.75. The van der Waals surface area contributed by atoms with E-state index < -0.39 is 6.04 Å². The number of halogens is 1. The lowest BCUT2D eigenvalue weighted by Gasteiger charge is -2.39. The summed E-state index contributed by atoms with van der Waals surface area (Å²) in [6, 6.07) is 17.0. The minimum absolute atomic E-state index is 0.0751. The van der Waals surface area contributed by atoms with Gasteiger partial charge in [0.2, 0.25) is 0 Å². The van der Waals surface area contributed by atoms with Crippen LogP contribution in [0.2, 0.25) is 0 Å². The Bertz CT molecular complexity index is 1140. The lowest BCUT2D eigenvalue weighted by Crippen LogP contribution is -2.49. The van der Waals surface area contributed by atoms with E-state index in [9.17, 15) is 19.4 Å². The van der Waals surface area contributed by atoms with Crippen molar-refractivity contribution in [1.29, 1.82) is 0 Å². The second-order valence-corrected chi connectivity index (χ2v) is 8.52. The number of hydrogen-bond acceptors (Lipinski definition) is 5. The van der Waals surface area contributed by atoms with E-state index >= 15 is 0 Å². The van der Waals surface area contributed by atoms with Crippen LogP contribution in [0.3, 0.4) is 0 Å². The van der Waals surface area contributed by atoms with Gasteiger partial charge < -0.3 is 14.8 Å². The number of nitrogens with zero attached hydrogens (tertiary/aromatic N) is 3. The molecule has 1 aliphatic rings. The molecule has 174 valence electrons. The van der Waals surface area contributed by atoms with Crippen molar-refractivity contribution >= 4 is 0 Å². The van der Waals surface area contributed by atoms with E-state index in [1.807, 2.05) is 30.3 Å². The van der Waals surface area contributed by atoms with E-state index in [0.29, 0.717) is 37.4 Å². The third kappa shape index (κ3) is 5.16. The number of aliphatic hydroxyl groups is 1. The average molecular weight is 452 g/mol. The Labute approximate surface area is 193 Å². The molecule has 6 nitrogen and oxygen atoms in total. The van der Waals surface area contributed by atoms with Gasteiger partial charge in [0.1, 0.15) is 11.6 Å². The zero-order chi connectivity index (χ0) is 23.4. The number of aryl methyl sites for hydroxylation is 1. The Morgan fingerprint density at radius 1 is 1.00 bits per heavy atom. The summed E-state index contributed by atoms with van der Waals surface area (Å²) in [5.74, 6) is -0.457. The fourth-order valence-corrected chi connectivity index (χ4v) is 4.61. The van der Waals surface area contributed by atoms with Gasteiger partial charge in [0.15, 0.2) is 0 Å². The molecule has 2 N–H and O–H groups in total. The largest absolute Gasteiger partial charge is 0.507 e. The molecule has 1 aromatic heterocycles. The van der Waals surface area contributed by atoms with E-state index in [0.717, 1.165) is 18.7 Å². The maximum absolute atomic E-state index is 14.2. The summed E-state index contributed by atoms with van der Waals surface area (Å²) < 4.78 is 15.9. The normalized spacial score (nSPS) is 16.1. The summed E-state index contributed by atoms with van der Waals surface area (Å²) >= 11 is 0. The van der Waals surface area contributed by atoms with Crippen molar-refractivity contribution in [3.63, 3.8) is 0 Å². The standard InChI is InChI=1S/C26H30FN3O3/c1-19-16-23(32)24(26(33)30(19)18-20-6-3-2-4-7-20)25(21-8-5-9-22(27)17-21)29-12-10-28(11-13-29)14-15-31/h2-9,16-17,25,31-32H,10-15,18H2,1H3/t25-/m0/s1. The minimum atomic E-state index is -0.577. The number of benzene rings is 2. The van der Waals surface area contributed by atoms with Gasteiger partial charge in [0.05, 0.1) is 24.8 Å². The molecule has 0 bridgehead atoms. The topological polar surface area (TPSA) is 68.9 Å². The molecule has 1 aliphatic heterocycles. The molecule has 3 aromatic rings. The second kappa shape index (κ2) is 10.3. The molecule has 2 aromatic carbocycles. The van der Waals surface area contributed by atoms with Gasteiger partial charge in [-0.2, -0.15) is 0 Å². The smallest absolute Gasteiger partial charge is 0.259 e. The SMILES string of the molecule is Cc1cc(O)c([C@H](c2cccc(F)c2)N2CCN(CCO)CC2)c(=O)n1Cc1ccccc1. The molecule has 4 rings (SSSR count). The van der Waals surface area contributed by atoms with Gasteiger partial charge >= 0.3 is 0 Å². The van der Waals surface area contributed by atoms with Crippen molar-refractivity contribution < 1.29 is 14.6 Å². The zero-order valence-electron chi connectivity index (χ0n) is 18.8. The third-order valence-electron chi connectivity index (χ3n) is 6.33. The van der Waals surface area contributed by atoms with Crippen molar-refractivity contribution in [1.82, 2.24) is 14.4 Å². The third-order valence-corrected chi connectivity index (χ3v) is 6.33. The van der Waals surface area contributed by atoms with Crippen LogP contribution in [0.1, 0.15) is 28.4 Å². The summed E-state index contributed by atoms with van der Waals surface area (Å²) in [5, 5.41) is 20.2. The first-order valence-electron chi connectivity index (χ1n) is 11.3. The molecule has 7 heteroatoms. The fraction of sp³-hybridized carbons (Fsp3) is 0.346. The van der Waals surface area contributed by atoms with Crippen molar-refractivity contribution in [3.05, 3.63) is 99.2 Å². The van der Waals surface area contributed by atoms with Crippen molar-refractivity contribution in [2.45, 2.75) is 19.5 Å². The summed E-state index contributed by atoms with van der Waals surface area (Å²) in [7, 11) is 0. The van der Waals surface area contributed by atoms with Crippen molar-refractivity contribution in [3.8, 4) is 5.75 Å². The van der Waals surface area contributed by atoms with E-state index in [1.54, 1.807) is 29.7 Å². The Hall–Kier alpha value is -3.00. The van der Waals surface area contributed by atoms with Crippen LogP contribution in [0.25, 0.3) is 0 Å². The first-order valence-corrected chi connectivity index (χ1v) is 11.3.